The molecule has 1 aromatic heterocycles. The second-order valence-corrected chi connectivity index (χ2v) is 9.20. The van der Waals surface area contributed by atoms with Gasteiger partial charge in [0.15, 0.2) is 0 Å². The standard InChI is InChI=1S/C22H23NO5S2/c1-5-28-22(24)20-21(17(13-29-20)16-9-6-14(2)7-10-16)30(25,26)23-18-12-15(3)8-11-19(18)27-4/h6-13,23H,5H2,1-4H3. The van der Waals surface area contributed by atoms with Crippen LogP contribution in [0.3, 0.4) is 0 Å². The summed E-state index contributed by atoms with van der Waals surface area (Å²) < 4.78 is 39.9. The predicted molar refractivity (Wildman–Crippen MR) is 119 cm³/mol. The topological polar surface area (TPSA) is 81.7 Å². The average molecular weight is 446 g/mol. The zero-order valence-corrected chi connectivity index (χ0v) is 18.8. The molecule has 3 aromatic rings. The minimum absolute atomic E-state index is 0.0338. The Hall–Kier alpha value is -2.84. The fraction of sp³-hybridized carbons (Fsp3) is 0.227. The maximum Gasteiger partial charge on any atom is 0.349 e. The molecular formula is C22H23NO5S2. The Bertz CT molecular complexity index is 1160. The highest BCUT2D eigenvalue weighted by atomic mass is 32.2. The van der Waals surface area contributed by atoms with Crippen molar-refractivity contribution < 1.29 is 22.7 Å². The molecule has 0 aliphatic heterocycles. The van der Waals surface area contributed by atoms with Gasteiger partial charge in [0.2, 0.25) is 0 Å². The van der Waals surface area contributed by atoms with Crippen LogP contribution in [0.25, 0.3) is 11.1 Å². The Morgan fingerprint density at radius 1 is 1.07 bits per heavy atom. The van der Waals surface area contributed by atoms with E-state index in [9.17, 15) is 13.2 Å². The Balaban J connectivity index is 2.16. The molecule has 6 nitrogen and oxygen atoms in total. The maximum atomic E-state index is 13.5. The quantitative estimate of drug-likeness (QED) is 0.517. The molecule has 0 aliphatic carbocycles. The molecule has 0 amide bonds. The molecule has 0 fully saturated rings. The van der Waals surface area contributed by atoms with Gasteiger partial charge in [-0.1, -0.05) is 35.9 Å². The fourth-order valence-electron chi connectivity index (χ4n) is 2.98. The zero-order chi connectivity index (χ0) is 21.9. The highest BCUT2D eigenvalue weighted by Crippen LogP contribution is 2.38. The van der Waals surface area contributed by atoms with Gasteiger partial charge in [0.1, 0.15) is 15.5 Å². The number of aryl methyl sites for hydroxylation is 2. The van der Waals surface area contributed by atoms with Gasteiger partial charge >= 0.3 is 5.97 Å². The normalized spacial score (nSPS) is 11.2. The SMILES string of the molecule is CCOC(=O)c1scc(-c2ccc(C)cc2)c1S(=O)(=O)Nc1cc(C)ccc1OC. The van der Waals surface area contributed by atoms with Crippen LogP contribution in [0.15, 0.2) is 52.7 Å². The van der Waals surface area contributed by atoms with Crippen LogP contribution in [-0.4, -0.2) is 28.1 Å². The smallest absolute Gasteiger partial charge is 0.349 e. The molecule has 158 valence electrons. The molecule has 1 N–H and O–H groups in total. The van der Waals surface area contributed by atoms with Gasteiger partial charge in [-0.15, -0.1) is 11.3 Å². The highest BCUT2D eigenvalue weighted by molar-refractivity contribution is 7.93. The number of hydrogen-bond acceptors (Lipinski definition) is 6. The van der Waals surface area contributed by atoms with Crippen LogP contribution in [0.1, 0.15) is 27.7 Å². The number of carbonyl (C=O) groups excluding carboxylic acids is 1. The number of benzene rings is 2. The molecule has 0 aliphatic rings. The molecule has 1 heterocycles. The molecule has 0 bridgehead atoms. The lowest BCUT2D eigenvalue weighted by Gasteiger charge is -2.14. The Morgan fingerprint density at radius 2 is 1.73 bits per heavy atom. The number of carbonyl (C=O) groups is 1. The van der Waals surface area contributed by atoms with E-state index < -0.39 is 16.0 Å². The molecule has 8 heteroatoms. The van der Waals surface area contributed by atoms with Crippen molar-refractivity contribution >= 4 is 33.0 Å². The van der Waals surface area contributed by atoms with E-state index in [2.05, 4.69) is 4.72 Å². The van der Waals surface area contributed by atoms with Gasteiger partial charge in [-0.3, -0.25) is 4.72 Å². The van der Waals surface area contributed by atoms with E-state index in [-0.39, 0.29) is 16.4 Å². The largest absolute Gasteiger partial charge is 0.495 e. The summed E-state index contributed by atoms with van der Waals surface area (Å²) in [5, 5.41) is 1.67. The van der Waals surface area contributed by atoms with Gasteiger partial charge in [-0.25, -0.2) is 13.2 Å². The third-order valence-electron chi connectivity index (χ3n) is 4.44. The minimum atomic E-state index is -4.12. The minimum Gasteiger partial charge on any atom is -0.495 e. The van der Waals surface area contributed by atoms with E-state index in [0.29, 0.717) is 22.6 Å². The van der Waals surface area contributed by atoms with Crippen LogP contribution in [-0.2, 0) is 14.8 Å². The van der Waals surface area contributed by atoms with Gasteiger partial charge in [-0.2, -0.15) is 0 Å². The molecule has 0 saturated carbocycles. The number of sulfonamides is 1. The molecule has 0 unspecified atom stereocenters. The van der Waals surface area contributed by atoms with Crippen molar-refractivity contribution in [2.45, 2.75) is 25.7 Å². The van der Waals surface area contributed by atoms with Crippen LogP contribution in [0.4, 0.5) is 5.69 Å². The van der Waals surface area contributed by atoms with Gasteiger partial charge in [0.05, 0.1) is 19.4 Å². The summed E-state index contributed by atoms with van der Waals surface area (Å²) in [6.45, 7) is 5.62. The molecule has 0 radical (unpaired) electrons. The molecule has 0 atom stereocenters. The van der Waals surface area contributed by atoms with Crippen LogP contribution >= 0.6 is 11.3 Å². The first-order valence-corrected chi connectivity index (χ1v) is 11.7. The summed E-state index contributed by atoms with van der Waals surface area (Å²) >= 11 is 1.05. The third-order valence-corrected chi connectivity index (χ3v) is 6.98. The summed E-state index contributed by atoms with van der Waals surface area (Å²) in [6, 6.07) is 12.6. The molecule has 0 spiro atoms. The number of esters is 1. The molecule has 3 rings (SSSR count). The van der Waals surface area contributed by atoms with Crippen molar-refractivity contribution in [3.63, 3.8) is 0 Å². The Labute approximate surface area is 180 Å². The van der Waals surface area contributed by atoms with Crippen LogP contribution in [0, 0.1) is 13.8 Å². The Morgan fingerprint density at radius 3 is 2.37 bits per heavy atom. The summed E-state index contributed by atoms with van der Waals surface area (Å²) in [7, 11) is -2.66. The first kappa shape index (κ1) is 21.9. The highest BCUT2D eigenvalue weighted by Gasteiger charge is 2.30. The maximum absolute atomic E-state index is 13.5. The summed E-state index contributed by atoms with van der Waals surface area (Å²) in [5.74, 6) is -0.286. The van der Waals surface area contributed by atoms with E-state index in [4.69, 9.17) is 9.47 Å². The summed E-state index contributed by atoms with van der Waals surface area (Å²) in [4.78, 5) is 12.4. The number of ether oxygens (including phenoxy) is 2. The van der Waals surface area contributed by atoms with Crippen molar-refractivity contribution in [3.8, 4) is 16.9 Å². The lowest BCUT2D eigenvalue weighted by molar-refractivity contribution is 0.0528. The van der Waals surface area contributed by atoms with Crippen molar-refractivity contribution in [2.24, 2.45) is 0 Å². The molecule has 2 aromatic carbocycles. The molecule has 0 saturated heterocycles. The number of rotatable bonds is 7. The van der Waals surface area contributed by atoms with Crippen molar-refractivity contribution in [2.75, 3.05) is 18.4 Å². The average Bonchev–Trinajstić information content (AvgIpc) is 3.15. The van der Waals surface area contributed by atoms with Crippen LogP contribution in [0.2, 0.25) is 0 Å². The van der Waals surface area contributed by atoms with E-state index in [0.717, 1.165) is 22.5 Å². The van der Waals surface area contributed by atoms with Crippen molar-refractivity contribution in [3.05, 3.63) is 63.8 Å². The van der Waals surface area contributed by atoms with Gasteiger partial charge in [0.25, 0.3) is 10.0 Å². The summed E-state index contributed by atoms with van der Waals surface area (Å²) in [5.41, 5.74) is 3.36. The summed E-state index contributed by atoms with van der Waals surface area (Å²) in [6.07, 6.45) is 0. The Kier molecular flexibility index (Phi) is 6.48. The van der Waals surface area contributed by atoms with Gasteiger partial charge in [0, 0.05) is 10.9 Å². The zero-order valence-electron chi connectivity index (χ0n) is 17.2. The van der Waals surface area contributed by atoms with E-state index in [1.54, 1.807) is 24.4 Å². The number of anilines is 1. The van der Waals surface area contributed by atoms with Crippen molar-refractivity contribution in [1.82, 2.24) is 0 Å². The molecular weight excluding hydrogens is 422 g/mol. The van der Waals surface area contributed by atoms with Crippen LogP contribution in [0.5, 0.6) is 5.75 Å². The monoisotopic (exact) mass is 445 g/mol. The second kappa shape index (κ2) is 8.89. The second-order valence-electron chi connectivity index (χ2n) is 6.70. The fourth-order valence-corrected chi connectivity index (χ4v) is 5.74. The van der Waals surface area contributed by atoms with E-state index in [1.165, 1.54) is 7.11 Å². The van der Waals surface area contributed by atoms with Crippen molar-refractivity contribution in [1.29, 1.82) is 0 Å². The van der Waals surface area contributed by atoms with Gasteiger partial charge < -0.3 is 9.47 Å². The first-order chi connectivity index (χ1) is 14.3. The number of thiophene rings is 1. The number of methoxy groups -OCH3 is 1. The lowest BCUT2D eigenvalue weighted by Crippen LogP contribution is -2.17. The third kappa shape index (κ3) is 4.49. The predicted octanol–water partition coefficient (Wildman–Crippen LogP) is 5.02. The van der Waals surface area contributed by atoms with Gasteiger partial charge in [-0.05, 0) is 44.0 Å². The first-order valence-electron chi connectivity index (χ1n) is 9.30. The lowest BCUT2D eigenvalue weighted by atomic mass is 10.1. The molecule has 30 heavy (non-hydrogen) atoms. The van der Waals surface area contributed by atoms with E-state index >= 15 is 0 Å². The number of hydrogen-bond donors (Lipinski definition) is 1. The van der Waals surface area contributed by atoms with Crippen LogP contribution < -0.4 is 9.46 Å². The number of nitrogens with one attached hydrogen (secondary N) is 1. The van der Waals surface area contributed by atoms with E-state index in [1.807, 2.05) is 44.2 Å².